The third kappa shape index (κ3) is 3.78. The third-order valence-corrected chi connectivity index (χ3v) is 4.69. The number of anilines is 2. The highest BCUT2D eigenvalue weighted by Gasteiger charge is 2.14. The van der Waals surface area contributed by atoms with Crippen LogP contribution in [0.1, 0.15) is 11.1 Å². The van der Waals surface area contributed by atoms with Gasteiger partial charge in [0.1, 0.15) is 0 Å². The summed E-state index contributed by atoms with van der Waals surface area (Å²) in [5, 5.41) is 6.28. The molecule has 120 valence electrons. The van der Waals surface area contributed by atoms with Gasteiger partial charge in [-0.05, 0) is 48.9 Å². The molecule has 0 saturated heterocycles. The average Bonchev–Trinajstić information content (AvgIpc) is 2.51. The molecule has 23 heavy (non-hydrogen) atoms. The number of nitrogens with zero attached hydrogens (tertiary/aromatic N) is 1. The summed E-state index contributed by atoms with van der Waals surface area (Å²) >= 11 is 12.0. The Balaban J connectivity index is 1.71. The lowest BCUT2D eigenvalue weighted by Crippen LogP contribution is -2.27. The van der Waals surface area contributed by atoms with E-state index in [9.17, 15) is 4.79 Å². The molecular formula is C17H17Cl2N3O. The van der Waals surface area contributed by atoms with Crippen LogP contribution < -0.4 is 10.6 Å². The van der Waals surface area contributed by atoms with Crippen molar-refractivity contribution in [3.8, 4) is 0 Å². The summed E-state index contributed by atoms with van der Waals surface area (Å²) in [7, 11) is 2.09. The second-order valence-electron chi connectivity index (χ2n) is 5.65. The molecule has 0 aliphatic carbocycles. The molecule has 0 fully saturated rings. The molecule has 4 nitrogen and oxygen atoms in total. The van der Waals surface area contributed by atoms with Gasteiger partial charge < -0.3 is 15.5 Å². The summed E-state index contributed by atoms with van der Waals surface area (Å²) in [5.74, 6) is 0. The first-order valence-electron chi connectivity index (χ1n) is 7.35. The fourth-order valence-electron chi connectivity index (χ4n) is 2.66. The van der Waals surface area contributed by atoms with Crippen LogP contribution in [0.2, 0.25) is 10.0 Å². The Kier molecular flexibility index (Phi) is 4.76. The summed E-state index contributed by atoms with van der Waals surface area (Å²) < 4.78 is 0. The standard InChI is InChI=1S/C17H17Cl2N3O/c1-22-8-7-11-5-6-13(9-12(11)10-22)20-17(23)21-15-4-2-3-14(18)16(15)19/h2-6,9H,7-8,10H2,1H3,(H2,20,21,23). The number of benzene rings is 2. The fourth-order valence-corrected chi connectivity index (χ4v) is 3.01. The summed E-state index contributed by atoms with van der Waals surface area (Å²) in [5.41, 5.74) is 3.83. The van der Waals surface area contributed by atoms with Gasteiger partial charge in [0.25, 0.3) is 0 Å². The minimum absolute atomic E-state index is 0.330. The van der Waals surface area contributed by atoms with Crippen molar-refractivity contribution in [3.63, 3.8) is 0 Å². The van der Waals surface area contributed by atoms with Crippen molar-refractivity contribution in [3.05, 3.63) is 57.6 Å². The molecule has 3 rings (SSSR count). The number of carbonyl (C=O) groups excluding carboxylic acids is 1. The molecule has 0 spiro atoms. The van der Waals surface area contributed by atoms with Gasteiger partial charge in [0, 0.05) is 18.8 Å². The van der Waals surface area contributed by atoms with Crippen LogP contribution in [0.25, 0.3) is 0 Å². The topological polar surface area (TPSA) is 44.4 Å². The summed E-state index contributed by atoms with van der Waals surface area (Å²) in [6, 6.07) is 10.8. The van der Waals surface area contributed by atoms with Crippen molar-refractivity contribution in [2.75, 3.05) is 24.2 Å². The molecule has 6 heteroatoms. The van der Waals surface area contributed by atoms with Crippen LogP contribution in [0.15, 0.2) is 36.4 Å². The van der Waals surface area contributed by atoms with Crippen molar-refractivity contribution < 1.29 is 4.79 Å². The van der Waals surface area contributed by atoms with E-state index in [1.807, 2.05) is 12.1 Å². The predicted molar refractivity (Wildman–Crippen MR) is 95.6 cm³/mol. The summed E-state index contributed by atoms with van der Waals surface area (Å²) in [4.78, 5) is 14.4. The van der Waals surface area contributed by atoms with E-state index < -0.39 is 0 Å². The Morgan fingerprint density at radius 3 is 2.78 bits per heavy atom. The highest BCUT2D eigenvalue weighted by molar-refractivity contribution is 6.44. The van der Waals surface area contributed by atoms with Crippen LogP contribution in [0.3, 0.4) is 0 Å². The van der Waals surface area contributed by atoms with Gasteiger partial charge >= 0.3 is 6.03 Å². The van der Waals surface area contributed by atoms with E-state index in [-0.39, 0.29) is 6.03 Å². The molecule has 1 aliphatic rings. The lowest BCUT2D eigenvalue weighted by atomic mass is 9.99. The van der Waals surface area contributed by atoms with Crippen molar-refractivity contribution in [2.24, 2.45) is 0 Å². The number of carbonyl (C=O) groups is 1. The molecular weight excluding hydrogens is 333 g/mol. The van der Waals surface area contributed by atoms with Crippen LogP contribution in [-0.2, 0) is 13.0 Å². The van der Waals surface area contributed by atoms with Gasteiger partial charge in [0.05, 0.1) is 15.7 Å². The number of nitrogens with one attached hydrogen (secondary N) is 2. The van der Waals surface area contributed by atoms with Gasteiger partial charge in [-0.15, -0.1) is 0 Å². The van der Waals surface area contributed by atoms with E-state index in [1.165, 1.54) is 11.1 Å². The molecule has 0 bridgehead atoms. The van der Waals surface area contributed by atoms with Crippen molar-refractivity contribution in [1.82, 2.24) is 4.90 Å². The second-order valence-corrected chi connectivity index (χ2v) is 6.44. The minimum Gasteiger partial charge on any atom is -0.308 e. The molecule has 2 aromatic carbocycles. The number of urea groups is 1. The highest BCUT2D eigenvalue weighted by Crippen LogP contribution is 2.29. The Hall–Kier alpha value is -1.75. The van der Waals surface area contributed by atoms with E-state index in [2.05, 4.69) is 28.6 Å². The van der Waals surface area contributed by atoms with Gasteiger partial charge in [-0.1, -0.05) is 35.3 Å². The SMILES string of the molecule is CN1CCc2ccc(NC(=O)Nc3cccc(Cl)c3Cl)cc2C1. The molecule has 0 radical (unpaired) electrons. The maximum absolute atomic E-state index is 12.1. The maximum Gasteiger partial charge on any atom is 0.323 e. The Labute approximate surface area is 145 Å². The first-order valence-corrected chi connectivity index (χ1v) is 8.11. The van der Waals surface area contributed by atoms with Crippen LogP contribution in [-0.4, -0.2) is 24.5 Å². The van der Waals surface area contributed by atoms with Crippen molar-refractivity contribution in [1.29, 1.82) is 0 Å². The van der Waals surface area contributed by atoms with E-state index >= 15 is 0 Å². The first kappa shape index (κ1) is 16.1. The number of likely N-dealkylation sites (N-methyl/N-ethyl adjacent to an activating group) is 1. The summed E-state index contributed by atoms with van der Waals surface area (Å²) in [6.45, 7) is 1.96. The molecule has 1 heterocycles. The third-order valence-electron chi connectivity index (χ3n) is 3.87. The zero-order valence-electron chi connectivity index (χ0n) is 12.7. The molecule has 1 aliphatic heterocycles. The molecule has 0 unspecified atom stereocenters. The van der Waals surface area contributed by atoms with Crippen molar-refractivity contribution >= 4 is 40.6 Å². The van der Waals surface area contributed by atoms with E-state index in [0.717, 1.165) is 25.2 Å². The number of amides is 2. The van der Waals surface area contributed by atoms with Crippen LogP contribution >= 0.6 is 23.2 Å². The first-order chi connectivity index (χ1) is 11.0. The smallest absolute Gasteiger partial charge is 0.308 e. The molecule has 0 atom stereocenters. The lowest BCUT2D eigenvalue weighted by Gasteiger charge is -2.25. The van der Waals surface area contributed by atoms with Crippen LogP contribution in [0.5, 0.6) is 0 Å². The largest absolute Gasteiger partial charge is 0.323 e. The fraction of sp³-hybridized carbons (Fsp3) is 0.235. The molecule has 2 aromatic rings. The van der Waals surface area contributed by atoms with Gasteiger partial charge in [-0.2, -0.15) is 0 Å². The minimum atomic E-state index is -0.349. The molecule has 2 N–H and O–H groups in total. The maximum atomic E-state index is 12.1. The molecule has 2 amide bonds. The van der Waals surface area contributed by atoms with Gasteiger partial charge in [0.2, 0.25) is 0 Å². The number of hydrogen-bond acceptors (Lipinski definition) is 2. The average molecular weight is 350 g/mol. The van der Waals surface area contributed by atoms with Crippen LogP contribution in [0.4, 0.5) is 16.2 Å². The zero-order valence-corrected chi connectivity index (χ0v) is 14.2. The normalized spacial score (nSPS) is 14.2. The Morgan fingerprint density at radius 2 is 1.96 bits per heavy atom. The molecule has 0 saturated carbocycles. The Bertz CT molecular complexity index is 749. The lowest BCUT2D eigenvalue weighted by molar-refractivity contribution is 0.262. The monoisotopic (exact) mass is 349 g/mol. The zero-order chi connectivity index (χ0) is 16.4. The van der Waals surface area contributed by atoms with Gasteiger partial charge in [-0.25, -0.2) is 4.79 Å². The van der Waals surface area contributed by atoms with E-state index in [4.69, 9.17) is 23.2 Å². The number of fused-ring (bicyclic) bond motifs is 1. The van der Waals surface area contributed by atoms with Gasteiger partial charge in [-0.3, -0.25) is 0 Å². The van der Waals surface area contributed by atoms with E-state index in [0.29, 0.717) is 15.7 Å². The predicted octanol–water partition coefficient (Wildman–Crippen LogP) is 4.63. The van der Waals surface area contributed by atoms with Crippen LogP contribution in [0, 0.1) is 0 Å². The van der Waals surface area contributed by atoms with Crippen molar-refractivity contribution in [2.45, 2.75) is 13.0 Å². The Morgan fingerprint density at radius 1 is 1.13 bits per heavy atom. The summed E-state index contributed by atoms with van der Waals surface area (Å²) in [6.07, 6.45) is 1.04. The number of hydrogen-bond donors (Lipinski definition) is 2. The second kappa shape index (κ2) is 6.79. The quantitative estimate of drug-likeness (QED) is 0.830. The van der Waals surface area contributed by atoms with Gasteiger partial charge in [0.15, 0.2) is 0 Å². The molecule has 0 aromatic heterocycles. The number of halogens is 2. The van der Waals surface area contributed by atoms with E-state index in [1.54, 1.807) is 18.2 Å². The number of rotatable bonds is 2. The highest BCUT2D eigenvalue weighted by atomic mass is 35.5.